The van der Waals surface area contributed by atoms with Gasteiger partial charge in [0.25, 0.3) is 0 Å². The Labute approximate surface area is 95.9 Å². The molecule has 1 N–H and O–H groups in total. The Kier molecular flexibility index (Phi) is 3.53. The van der Waals surface area contributed by atoms with Crippen LogP contribution >= 0.6 is 11.6 Å². The van der Waals surface area contributed by atoms with Crippen LogP contribution in [0.4, 0.5) is 5.82 Å². The molecule has 4 nitrogen and oxygen atoms in total. The minimum absolute atomic E-state index is 0.355. The van der Waals surface area contributed by atoms with Crippen molar-refractivity contribution in [2.75, 3.05) is 16.8 Å². The van der Waals surface area contributed by atoms with Crippen LogP contribution in [0.25, 0.3) is 0 Å². The molecule has 0 spiro atoms. The molecular weight excluding hydrogens is 234 g/mol. The molecular formula is C9H12ClN3OS. The van der Waals surface area contributed by atoms with E-state index in [1.165, 1.54) is 6.33 Å². The molecule has 0 amide bonds. The average Bonchev–Trinajstić information content (AvgIpc) is 2.22. The first-order valence-corrected chi connectivity index (χ1v) is 6.70. The Balaban J connectivity index is 1.94. The van der Waals surface area contributed by atoms with E-state index in [2.05, 4.69) is 15.3 Å². The lowest BCUT2D eigenvalue weighted by Crippen LogP contribution is -2.29. The normalized spacial score (nSPS) is 26.2. The van der Waals surface area contributed by atoms with Crippen LogP contribution < -0.4 is 5.32 Å². The number of nitrogens with zero attached hydrogens (tertiary/aromatic N) is 2. The van der Waals surface area contributed by atoms with Crippen molar-refractivity contribution in [3.8, 4) is 0 Å². The van der Waals surface area contributed by atoms with Crippen LogP contribution in [-0.2, 0) is 10.8 Å². The van der Waals surface area contributed by atoms with E-state index in [0.29, 0.717) is 11.2 Å². The first-order chi connectivity index (χ1) is 7.24. The molecule has 0 unspecified atom stereocenters. The fourth-order valence-corrected chi connectivity index (χ4v) is 3.01. The number of halogens is 1. The average molecular weight is 246 g/mol. The zero-order valence-electron chi connectivity index (χ0n) is 8.15. The maximum Gasteiger partial charge on any atom is 0.134 e. The third-order valence-electron chi connectivity index (χ3n) is 2.37. The van der Waals surface area contributed by atoms with Crippen LogP contribution in [0.1, 0.15) is 12.8 Å². The van der Waals surface area contributed by atoms with Crippen LogP contribution in [-0.4, -0.2) is 31.7 Å². The van der Waals surface area contributed by atoms with E-state index in [-0.39, 0.29) is 0 Å². The van der Waals surface area contributed by atoms with Gasteiger partial charge in [-0.15, -0.1) is 0 Å². The summed E-state index contributed by atoms with van der Waals surface area (Å²) in [5.41, 5.74) is 0. The minimum atomic E-state index is -0.622. The molecule has 82 valence electrons. The number of aromatic nitrogens is 2. The molecule has 0 atom stereocenters. The quantitative estimate of drug-likeness (QED) is 0.802. The number of hydrogen-bond donors (Lipinski definition) is 1. The van der Waals surface area contributed by atoms with Crippen molar-refractivity contribution in [2.45, 2.75) is 18.9 Å². The maximum absolute atomic E-state index is 11.2. The largest absolute Gasteiger partial charge is 0.367 e. The topological polar surface area (TPSA) is 54.9 Å². The maximum atomic E-state index is 11.2. The second kappa shape index (κ2) is 4.90. The number of anilines is 1. The molecule has 0 radical (unpaired) electrons. The number of hydrogen-bond acceptors (Lipinski definition) is 4. The van der Waals surface area contributed by atoms with Gasteiger partial charge in [0.1, 0.15) is 17.3 Å². The van der Waals surface area contributed by atoms with Crippen LogP contribution in [0.15, 0.2) is 12.4 Å². The second-order valence-electron chi connectivity index (χ2n) is 3.49. The van der Waals surface area contributed by atoms with E-state index in [4.69, 9.17) is 11.6 Å². The summed E-state index contributed by atoms with van der Waals surface area (Å²) in [6, 6.07) is 2.06. The van der Waals surface area contributed by atoms with Crippen molar-refractivity contribution in [3.63, 3.8) is 0 Å². The third kappa shape index (κ3) is 3.14. The van der Waals surface area contributed by atoms with Gasteiger partial charge in [-0.1, -0.05) is 11.6 Å². The number of nitrogens with one attached hydrogen (secondary N) is 1. The van der Waals surface area contributed by atoms with Crippen molar-refractivity contribution < 1.29 is 4.21 Å². The van der Waals surface area contributed by atoms with E-state index in [0.717, 1.165) is 30.2 Å². The summed E-state index contributed by atoms with van der Waals surface area (Å²) in [5.74, 6) is 2.29. The first-order valence-electron chi connectivity index (χ1n) is 4.83. The van der Waals surface area contributed by atoms with Gasteiger partial charge in [0.05, 0.1) is 0 Å². The summed E-state index contributed by atoms with van der Waals surface area (Å²) in [5, 5.41) is 3.71. The summed E-state index contributed by atoms with van der Waals surface area (Å²) >= 11 is 5.75. The monoisotopic (exact) mass is 245 g/mol. The van der Waals surface area contributed by atoms with Crippen LogP contribution in [0, 0.1) is 0 Å². The van der Waals surface area contributed by atoms with Crippen molar-refractivity contribution in [2.24, 2.45) is 0 Å². The molecule has 2 rings (SSSR count). The summed E-state index contributed by atoms with van der Waals surface area (Å²) in [4.78, 5) is 7.88. The van der Waals surface area contributed by atoms with Gasteiger partial charge in [0.2, 0.25) is 0 Å². The van der Waals surface area contributed by atoms with Gasteiger partial charge in [-0.25, -0.2) is 9.97 Å². The molecule has 2 heterocycles. The van der Waals surface area contributed by atoms with E-state index < -0.39 is 10.8 Å². The molecule has 0 saturated carbocycles. The highest BCUT2D eigenvalue weighted by molar-refractivity contribution is 7.85. The molecule has 1 aromatic rings. The Morgan fingerprint density at radius 2 is 2.13 bits per heavy atom. The minimum Gasteiger partial charge on any atom is -0.367 e. The Bertz CT molecular complexity index is 364. The standard InChI is InChI=1S/C9H12ClN3OS/c10-8-5-9(12-6-11-8)13-7-1-3-15(14)4-2-7/h5-7H,1-4H2,(H,11,12,13). The van der Waals surface area contributed by atoms with Gasteiger partial charge in [0, 0.05) is 34.4 Å². The Morgan fingerprint density at radius 3 is 2.80 bits per heavy atom. The molecule has 1 aliphatic rings. The van der Waals surface area contributed by atoms with Crippen LogP contribution in [0.5, 0.6) is 0 Å². The van der Waals surface area contributed by atoms with Crippen LogP contribution in [0.3, 0.4) is 0 Å². The summed E-state index contributed by atoms with van der Waals surface area (Å²) in [6.07, 6.45) is 3.29. The van der Waals surface area contributed by atoms with Gasteiger partial charge < -0.3 is 5.32 Å². The molecule has 1 aliphatic heterocycles. The zero-order chi connectivity index (χ0) is 10.7. The smallest absolute Gasteiger partial charge is 0.134 e. The van der Waals surface area contributed by atoms with Gasteiger partial charge >= 0.3 is 0 Å². The zero-order valence-corrected chi connectivity index (χ0v) is 9.72. The molecule has 6 heteroatoms. The SMILES string of the molecule is O=S1CCC(Nc2cc(Cl)ncn2)CC1. The van der Waals surface area contributed by atoms with E-state index in [1.54, 1.807) is 6.07 Å². The van der Waals surface area contributed by atoms with Crippen LogP contribution in [0.2, 0.25) is 5.15 Å². The molecule has 15 heavy (non-hydrogen) atoms. The van der Waals surface area contributed by atoms with E-state index >= 15 is 0 Å². The highest BCUT2D eigenvalue weighted by Crippen LogP contribution is 2.15. The molecule has 0 bridgehead atoms. The molecule has 0 aromatic carbocycles. The predicted molar refractivity (Wildman–Crippen MR) is 61.6 cm³/mol. The Morgan fingerprint density at radius 1 is 1.40 bits per heavy atom. The summed E-state index contributed by atoms with van der Waals surface area (Å²) in [7, 11) is -0.622. The predicted octanol–water partition coefficient (Wildman–Crippen LogP) is 1.45. The summed E-state index contributed by atoms with van der Waals surface area (Å²) in [6.45, 7) is 0. The second-order valence-corrected chi connectivity index (χ2v) is 5.58. The third-order valence-corrected chi connectivity index (χ3v) is 3.96. The van der Waals surface area contributed by atoms with Gasteiger partial charge in [-0.05, 0) is 12.8 Å². The highest BCUT2D eigenvalue weighted by Gasteiger charge is 2.17. The summed E-state index contributed by atoms with van der Waals surface area (Å²) < 4.78 is 11.2. The number of rotatable bonds is 2. The van der Waals surface area contributed by atoms with Crippen molar-refractivity contribution >= 4 is 28.2 Å². The lowest BCUT2D eigenvalue weighted by molar-refractivity contribution is 0.622. The first kappa shape index (κ1) is 10.8. The van der Waals surface area contributed by atoms with Gasteiger partial charge in [-0.3, -0.25) is 4.21 Å². The van der Waals surface area contributed by atoms with Crippen molar-refractivity contribution in [3.05, 3.63) is 17.5 Å². The van der Waals surface area contributed by atoms with Gasteiger partial charge in [-0.2, -0.15) is 0 Å². The molecule has 0 aliphatic carbocycles. The van der Waals surface area contributed by atoms with Gasteiger partial charge in [0.15, 0.2) is 0 Å². The van der Waals surface area contributed by atoms with Crippen molar-refractivity contribution in [1.82, 2.24) is 9.97 Å². The lowest BCUT2D eigenvalue weighted by atomic mass is 10.1. The molecule has 1 aromatic heterocycles. The lowest BCUT2D eigenvalue weighted by Gasteiger charge is -2.22. The van der Waals surface area contributed by atoms with Crippen molar-refractivity contribution in [1.29, 1.82) is 0 Å². The van der Waals surface area contributed by atoms with E-state index in [1.807, 2.05) is 0 Å². The van der Waals surface area contributed by atoms with E-state index in [9.17, 15) is 4.21 Å². The molecule has 1 fully saturated rings. The fourth-order valence-electron chi connectivity index (χ4n) is 1.56. The Hall–Kier alpha value is -0.680. The molecule has 1 saturated heterocycles. The fraction of sp³-hybridized carbons (Fsp3) is 0.556. The highest BCUT2D eigenvalue weighted by atomic mass is 35.5.